The van der Waals surface area contributed by atoms with Crippen LogP contribution in [0.4, 0.5) is 4.79 Å². The van der Waals surface area contributed by atoms with Gasteiger partial charge in [-0.1, -0.05) is 0 Å². The zero-order valence-corrected chi connectivity index (χ0v) is 8.04. The Balaban J connectivity index is 3.75. The Hall–Kier alpha value is -0.970. The van der Waals surface area contributed by atoms with E-state index in [1.807, 2.05) is 0 Å². The smallest absolute Gasteiger partial charge is 0.438 e. The van der Waals surface area contributed by atoms with Crippen molar-refractivity contribution >= 4 is 23.7 Å². The molecule has 2 N–H and O–H groups in total. The molecular formula is C7H12ClNO4. The van der Waals surface area contributed by atoms with Crippen LogP contribution in [-0.4, -0.2) is 31.2 Å². The molecule has 0 fully saturated rings. The lowest BCUT2D eigenvalue weighted by molar-refractivity contribution is -0.118. The van der Waals surface area contributed by atoms with E-state index in [9.17, 15) is 9.59 Å². The molecule has 0 bridgehead atoms. The molecule has 13 heavy (non-hydrogen) atoms. The summed E-state index contributed by atoms with van der Waals surface area (Å²) in [7, 11) is 1.20. The van der Waals surface area contributed by atoms with Crippen molar-refractivity contribution in [2.75, 3.05) is 13.0 Å². The Bertz CT molecular complexity index is 185. The number of amides is 1. The largest absolute Gasteiger partial charge is 0.508 e. The number of halogens is 1. The Morgan fingerprint density at radius 1 is 1.54 bits per heavy atom. The van der Waals surface area contributed by atoms with Crippen LogP contribution in [0, 0.1) is 0 Å². The normalized spacial score (nSPS) is 11.8. The lowest BCUT2D eigenvalue weighted by Gasteiger charge is -2.12. The van der Waals surface area contributed by atoms with Gasteiger partial charge in [-0.2, -0.15) is 0 Å². The van der Waals surface area contributed by atoms with Crippen molar-refractivity contribution in [1.29, 1.82) is 0 Å². The third-order valence-corrected chi connectivity index (χ3v) is 1.66. The van der Waals surface area contributed by atoms with E-state index in [2.05, 4.69) is 4.74 Å². The van der Waals surface area contributed by atoms with Crippen molar-refractivity contribution in [2.45, 2.75) is 18.9 Å². The third kappa shape index (κ3) is 6.21. The number of methoxy groups -OCH3 is 1. The van der Waals surface area contributed by atoms with Gasteiger partial charge < -0.3 is 15.2 Å². The van der Waals surface area contributed by atoms with E-state index < -0.39 is 18.2 Å². The summed E-state index contributed by atoms with van der Waals surface area (Å²) in [6.07, 6.45) is -0.890. The van der Waals surface area contributed by atoms with Gasteiger partial charge in [0.15, 0.2) is 0 Å². The highest BCUT2D eigenvalue weighted by Crippen LogP contribution is 2.05. The maximum atomic E-state index is 10.6. The molecule has 0 aliphatic rings. The fourth-order valence-corrected chi connectivity index (χ4v) is 0.872. The second kappa shape index (κ2) is 6.54. The van der Waals surface area contributed by atoms with Crippen LogP contribution < -0.4 is 5.73 Å². The van der Waals surface area contributed by atoms with Crippen LogP contribution in [0.3, 0.4) is 0 Å². The number of carbonyl (C=O) groups excluding carboxylic acids is 2. The molecular weight excluding hydrogens is 198 g/mol. The first-order valence-electron chi connectivity index (χ1n) is 3.69. The molecule has 0 aromatic rings. The van der Waals surface area contributed by atoms with Crippen LogP contribution in [0.2, 0.25) is 0 Å². The van der Waals surface area contributed by atoms with E-state index in [4.69, 9.17) is 22.1 Å². The number of alkyl halides is 1. The van der Waals surface area contributed by atoms with Crippen LogP contribution >= 0.6 is 11.6 Å². The molecule has 0 rings (SSSR count). The monoisotopic (exact) mass is 209 g/mol. The number of rotatable bonds is 5. The third-order valence-electron chi connectivity index (χ3n) is 1.31. The topological polar surface area (TPSA) is 78.6 Å². The lowest BCUT2D eigenvalue weighted by Crippen LogP contribution is -2.22. The second-order valence-corrected chi connectivity index (χ2v) is 2.66. The van der Waals surface area contributed by atoms with E-state index >= 15 is 0 Å². The highest BCUT2D eigenvalue weighted by molar-refractivity contribution is 6.18. The molecule has 0 saturated carbocycles. The number of ether oxygens (including phenoxy) is 2. The molecule has 0 aliphatic carbocycles. The maximum absolute atomic E-state index is 10.6. The van der Waals surface area contributed by atoms with Gasteiger partial charge in [0.25, 0.3) is 0 Å². The van der Waals surface area contributed by atoms with E-state index in [-0.39, 0.29) is 12.3 Å². The van der Waals surface area contributed by atoms with Crippen molar-refractivity contribution < 1.29 is 19.1 Å². The minimum atomic E-state index is -0.810. The maximum Gasteiger partial charge on any atom is 0.508 e. The summed E-state index contributed by atoms with van der Waals surface area (Å²) in [5, 5.41) is 0. The second-order valence-electron chi connectivity index (χ2n) is 2.35. The van der Waals surface area contributed by atoms with Crippen LogP contribution in [0.25, 0.3) is 0 Å². The molecule has 6 heteroatoms. The fraction of sp³-hybridized carbons (Fsp3) is 0.714. The summed E-state index contributed by atoms with van der Waals surface area (Å²) in [4.78, 5) is 21.0. The minimum Gasteiger partial charge on any atom is -0.438 e. The van der Waals surface area contributed by atoms with Crippen LogP contribution in [0.1, 0.15) is 12.8 Å². The van der Waals surface area contributed by atoms with E-state index in [0.29, 0.717) is 6.42 Å². The van der Waals surface area contributed by atoms with Crippen molar-refractivity contribution in [3.05, 3.63) is 0 Å². The van der Waals surface area contributed by atoms with Crippen LogP contribution in [0.5, 0.6) is 0 Å². The zero-order chi connectivity index (χ0) is 10.3. The summed E-state index contributed by atoms with van der Waals surface area (Å²) < 4.78 is 8.95. The molecule has 0 saturated heterocycles. The summed E-state index contributed by atoms with van der Waals surface area (Å²) in [6.45, 7) is 0. The Morgan fingerprint density at radius 2 is 2.15 bits per heavy atom. The molecule has 5 nitrogen and oxygen atoms in total. The van der Waals surface area contributed by atoms with Gasteiger partial charge in [-0.3, -0.25) is 4.79 Å². The van der Waals surface area contributed by atoms with Crippen molar-refractivity contribution in [3.8, 4) is 0 Å². The van der Waals surface area contributed by atoms with Crippen molar-refractivity contribution in [2.24, 2.45) is 5.73 Å². The number of nitrogens with two attached hydrogens (primary N) is 1. The SMILES string of the molecule is COC(=O)OC(CCl)CCC(N)=O. The number of carbonyl (C=O) groups is 2. The van der Waals surface area contributed by atoms with Gasteiger partial charge in [-0.05, 0) is 6.42 Å². The number of hydrogen-bond acceptors (Lipinski definition) is 4. The average Bonchev–Trinajstić information content (AvgIpc) is 2.11. The number of hydrogen-bond donors (Lipinski definition) is 1. The molecule has 76 valence electrons. The highest BCUT2D eigenvalue weighted by atomic mass is 35.5. The average molecular weight is 210 g/mol. The van der Waals surface area contributed by atoms with E-state index in [0.717, 1.165) is 0 Å². The van der Waals surface area contributed by atoms with Gasteiger partial charge in [0.1, 0.15) is 6.10 Å². The summed E-state index contributed by atoms with van der Waals surface area (Å²) in [5.74, 6) is -0.342. The summed E-state index contributed by atoms with van der Waals surface area (Å²) in [5.41, 5.74) is 4.91. The van der Waals surface area contributed by atoms with Gasteiger partial charge >= 0.3 is 6.16 Å². The number of primary amides is 1. The first-order valence-corrected chi connectivity index (χ1v) is 4.22. The fourth-order valence-electron chi connectivity index (χ4n) is 0.655. The molecule has 0 aromatic heterocycles. The molecule has 0 aliphatic heterocycles. The summed E-state index contributed by atoms with van der Waals surface area (Å²) >= 11 is 5.47. The molecule has 0 radical (unpaired) electrons. The van der Waals surface area contributed by atoms with Crippen LogP contribution in [0.15, 0.2) is 0 Å². The van der Waals surface area contributed by atoms with Crippen molar-refractivity contribution in [3.63, 3.8) is 0 Å². The molecule has 0 aromatic carbocycles. The molecule has 0 heterocycles. The Morgan fingerprint density at radius 3 is 2.54 bits per heavy atom. The molecule has 0 spiro atoms. The standard InChI is InChI=1S/C7H12ClNO4/c1-12-7(11)13-5(4-8)2-3-6(9)10/h5H,2-4H2,1H3,(H2,9,10). The highest BCUT2D eigenvalue weighted by Gasteiger charge is 2.14. The van der Waals surface area contributed by atoms with Gasteiger partial charge in [-0.15, -0.1) is 11.6 Å². The Kier molecular flexibility index (Phi) is 6.05. The van der Waals surface area contributed by atoms with E-state index in [1.54, 1.807) is 0 Å². The first-order chi connectivity index (χ1) is 6.10. The van der Waals surface area contributed by atoms with Gasteiger partial charge in [0.05, 0.1) is 13.0 Å². The Labute approximate surface area is 81.1 Å². The molecule has 1 atom stereocenters. The molecule has 1 amide bonds. The van der Waals surface area contributed by atoms with Crippen LogP contribution in [-0.2, 0) is 14.3 Å². The predicted octanol–water partition coefficient (Wildman–Crippen LogP) is 0.642. The lowest BCUT2D eigenvalue weighted by atomic mass is 10.2. The molecule has 1 unspecified atom stereocenters. The van der Waals surface area contributed by atoms with Gasteiger partial charge in [0, 0.05) is 6.42 Å². The quantitative estimate of drug-likeness (QED) is 0.533. The summed E-state index contributed by atoms with van der Waals surface area (Å²) in [6, 6.07) is 0. The van der Waals surface area contributed by atoms with E-state index in [1.165, 1.54) is 7.11 Å². The minimum absolute atomic E-state index is 0.113. The van der Waals surface area contributed by atoms with Crippen molar-refractivity contribution in [1.82, 2.24) is 0 Å². The zero-order valence-electron chi connectivity index (χ0n) is 7.29. The predicted molar refractivity (Wildman–Crippen MR) is 46.4 cm³/mol. The van der Waals surface area contributed by atoms with Gasteiger partial charge in [0.2, 0.25) is 5.91 Å². The van der Waals surface area contributed by atoms with Gasteiger partial charge in [-0.25, -0.2) is 4.79 Å². The first kappa shape index (κ1) is 12.0.